The minimum absolute atomic E-state index is 0.0566. The molecule has 1 aromatic heterocycles. The molecule has 1 saturated heterocycles. The molecule has 0 aliphatic carbocycles. The van der Waals surface area contributed by atoms with Crippen molar-refractivity contribution < 1.29 is 19.1 Å². The van der Waals surface area contributed by atoms with Crippen LogP contribution in [0.2, 0.25) is 0 Å². The van der Waals surface area contributed by atoms with E-state index in [-0.39, 0.29) is 18.0 Å². The average molecular weight is 343 g/mol. The molecule has 0 radical (unpaired) electrons. The first-order valence-electron chi connectivity index (χ1n) is 8.02. The first kappa shape index (κ1) is 17.0. The van der Waals surface area contributed by atoms with Gasteiger partial charge in [0.15, 0.2) is 0 Å². The van der Waals surface area contributed by atoms with Crippen LogP contribution in [0.5, 0.6) is 0 Å². The second-order valence-electron chi connectivity index (χ2n) is 6.41. The van der Waals surface area contributed by atoms with Gasteiger partial charge in [-0.15, -0.1) is 0 Å². The summed E-state index contributed by atoms with van der Waals surface area (Å²) in [5, 5.41) is 9.22. The first-order chi connectivity index (χ1) is 12.0. The van der Waals surface area contributed by atoms with Gasteiger partial charge in [-0.2, -0.15) is 0 Å². The quantitative estimate of drug-likeness (QED) is 0.925. The van der Waals surface area contributed by atoms with E-state index in [1.54, 1.807) is 18.5 Å². The Labute approximate surface area is 144 Å². The summed E-state index contributed by atoms with van der Waals surface area (Å²) in [7, 11) is 0. The summed E-state index contributed by atoms with van der Waals surface area (Å²) < 4.78 is 14.5. The van der Waals surface area contributed by atoms with E-state index in [1.807, 2.05) is 6.92 Å². The predicted molar refractivity (Wildman–Crippen MR) is 88.2 cm³/mol. The molecule has 2 heterocycles. The number of piperidine rings is 1. The third-order valence-electron chi connectivity index (χ3n) is 4.39. The topological polar surface area (TPSA) is 83.4 Å². The Kier molecular flexibility index (Phi) is 4.74. The fourth-order valence-electron chi connectivity index (χ4n) is 3.18. The van der Waals surface area contributed by atoms with E-state index in [2.05, 4.69) is 9.97 Å². The fraction of sp³-hybridized carbons (Fsp3) is 0.333. The number of carboxylic acids is 1. The van der Waals surface area contributed by atoms with E-state index in [9.17, 15) is 19.1 Å². The van der Waals surface area contributed by atoms with Crippen molar-refractivity contribution in [2.24, 2.45) is 11.8 Å². The van der Waals surface area contributed by atoms with Crippen LogP contribution in [0.3, 0.4) is 0 Å². The summed E-state index contributed by atoms with van der Waals surface area (Å²) in [5.74, 6) is -2.61. The molecule has 1 aliphatic rings. The molecule has 0 bridgehead atoms. The van der Waals surface area contributed by atoms with E-state index in [0.29, 0.717) is 24.1 Å². The van der Waals surface area contributed by atoms with Gasteiger partial charge in [0.2, 0.25) is 0 Å². The number of amides is 1. The summed E-state index contributed by atoms with van der Waals surface area (Å²) in [4.78, 5) is 33.1. The van der Waals surface area contributed by atoms with Crippen molar-refractivity contribution in [2.45, 2.75) is 13.3 Å². The molecular weight excluding hydrogens is 325 g/mol. The monoisotopic (exact) mass is 343 g/mol. The third kappa shape index (κ3) is 3.65. The van der Waals surface area contributed by atoms with Crippen molar-refractivity contribution >= 4 is 11.9 Å². The number of nitrogens with zero attached hydrogens (tertiary/aromatic N) is 3. The van der Waals surface area contributed by atoms with Gasteiger partial charge in [-0.3, -0.25) is 9.59 Å². The zero-order valence-electron chi connectivity index (χ0n) is 13.7. The molecule has 1 aromatic carbocycles. The van der Waals surface area contributed by atoms with E-state index >= 15 is 0 Å². The number of hydrogen-bond acceptors (Lipinski definition) is 4. The normalized spacial score (nSPS) is 20.3. The van der Waals surface area contributed by atoms with Crippen molar-refractivity contribution in [3.63, 3.8) is 0 Å². The lowest BCUT2D eigenvalue weighted by Gasteiger charge is -2.34. The van der Waals surface area contributed by atoms with Crippen LogP contribution < -0.4 is 0 Å². The van der Waals surface area contributed by atoms with Gasteiger partial charge in [-0.1, -0.05) is 13.0 Å². The Morgan fingerprint density at radius 3 is 2.56 bits per heavy atom. The molecule has 1 fully saturated rings. The SMILES string of the molecule is CC1CC(C(=O)O)CN(C(=O)c2ccc(-c3cncnc3)cc2F)C1. The summed E-state index contributed by atoms with van der Waals surface area (Å²) >= 11 is 0. The van der Waals surface area contributed by atoms with Gasteiger partial charge in [0.05, 0.1) is 11.5 Å². The number of likely N-dealkylation sites (tertiary alicyclic amines) is 1. The summed E-state index contributed by atoms with van der Waals surface area (Å²) in [5.41, 5.74) is 1.17. The van der Waals surface area contributed by atoms with Crippen LogP contribution in [0, 0.1) is 17.7 Å². The first-order valence-corrected chi connectivity index (χ1v) is 8.02. The number of aromatic nitrogens is 2. The lowest BCUT2D eigenvalue weighted by atomic mass is 9.90. The maximum Gasteiger partial charge on any atom is 0.308 e. The molecule has 130 valence electrons. The highest BCUT2D eigenvalue weighted by atomic mass is 19.1. The maximum absolute atomic E-state index is 14.5. The highest BCUT2D eigenvalue weighted by Gasteiger charge is 2.33. The molecule has 3 rings (SSSR count). The predicted octanol–water partition coefficient (Wildman–Crippen LogP) is 2.47. The minimum atomic E-state index is -0.927. The average Bonchev–Trinajstić information content (AvgIpc) is 2.61. The van der Waals surface area contributed by atoms with Crippen LogP contribution in [-0.4, -0.2) is 44.9 Å². The van der Waals surface area contributed by atoms with Crippen LogP contribution in [0.15, 0.2) is 36.9 Å². The molecule has 2 unspecified atom stereocenters. The number of benzene rings is 1. The Bertz CT molecular complexity index is 797. The third-order valence-corrected chi connectivity index (χ3v) is 4.39. The van der Waals surface area contributed by atoms with Crippen molar-refractivity contribution in [2.75, 3.05) is 13.1 Å². The summed E-state index contributed by atoms with van der Waals surface area (Å²) in [6.45, 7) is 2.42. The van der Waals surface area contributed by atoms with Crippen LogP contribution in [0.1, 0.15) is 23.7 Å². The zero-order chi connectivity index (χ0) is 18.0. The lowest BCUT2D eigenvalue weighted by molar-refractivity contribution is -0.143. The largest absolute Gasteiger partial charge is 0.481 e. The minimum Gasteiger partial charge on any atom is -0.481 e. The van der Waals surface area contributed by atoms with Gasteiger partial charge in [-0.05, 0) is 30.0 Å². The van der Waals surface area contributed by atoms with Gasteiger partial charge >= 0.3 is 5.97 Å². The van der Waals surface area contributed by atoms with Crippen molar-refractivity contribution in [3.8, 4) is 11.1 Å². The standard InChI is InChI=1S/C18H18FN3O3/c1-11-4-13(18(24)25)9-22(8-11)17(23)15-3-2-12(5-16(15)19)14-6-20-10-21-7-14/h2-3,5-7,10-11,13H,4,8-9H2,1H3,(H,24,25). The van der Waals surface area contributed by atoms with Crippen LogP contribution in [0.25, 0.3) is 11.1 Å². The van der Waals surface area contributed by atoms with E-state index in [0.717, 1.165) is 0 Å². The van der Waals surface area contributed by atoms with Crippen molar-refractivity contribution in [1.29, 1.82) is 0 Å². The van der Waals surface area contributed by atoms with Crippen LogP contribution >= 0.6 is 0 Å². The molecule has 1 aliphatic heterocycles. The molecule has 25 heavy (non-hydrogen) atoms. The van der Waals surface area contributed by atoms with Gasteiger partial charge < -0.3 is 10.0 Å². The molecule has 0 saturated carbocycles. The van der Waals surface area contributed by atoms with E-state index in [1.165, 1.54) is 23.4 Å². The fourth-order valence-corrected chi connectivity index (χ4v) is 3.18. The van der Waals surface area contributed by atoms with Gasteiger partial charge in [0, 0.05) is 31.0 Å². The highest BCUT2D eigenvalue weighted by Crippen LogP contribution is 2.26. The maximum atomic E-state index is 14.5. The van der Waals surface area contributed by atoms with Gasteiger partial charge in [-0.25, -0.2) is 14.4 Å². The molecule has 1 N–H and O–H groups in total. The number of rotatable bonds is 3. The van der Waals surface area contributed by atoms with Crippen molar-refractivity contribution in [3.05, 3.63) is 48.3 Å². The number of hydrogen-bond donors (Lipinski definition) is 1. The number of halogens is 1. The van der Waals surface area contributed by atoms with Crippen molar-refractivity contribution in [1.82, 2.24) is 14.9 Å². The molecular formula is C18H18FN3O3. The van der Waals surface area contributed by atoms with Crippen LogP contribution in [-0.2, 0) is 4.79 Å². The Morgan fingerprint density at radius 1 is 1.20 bits per heavy atom. The van der Waals surface area contributed by atoms with Gasteiger partial charge in [0.1, 0.15) is 12.1 Å². The smallest absolute Gasteiger partial charge is 0.308 e. The van der Waals surface area contributed by atoms with Crippen LogP contribution in [0.4, 0.5) is 4.39 Å². The number of carbonyl (C=O) groups excluding carboxylic acids is 1. The summed E-state index contributed by atoms with van der Waals surface area (Å²) in [6, 6.07) is 4.33. The number of carboxylic acid groups (broad SMARTS) is 1. The molecule has 0 spiro atoms. The Balaban J connectivity index is 1.84. The number of aliphatic carboxylic acids is 1. The molecule has 1 amide bonds. The second-order valence-corrected chi connectivity index (χ2v) is 6.41. The zero-order valence-corrected chi connectivity index (χ0v) is 13.7. The second kappa shape index (κ2) is 6.96. The van der Waals surface area contributed by atoms with E-state index < -0.39 is 23.6 Å². The molecule has 7 heteroatoms. The molecule has 2 aromatic rings. The summed E-state index contributed by atoms with van der Waals surface area (Å²) in [6.07, 6.45) is 5.03. The molecule has 2 atom stereocenters. The van der Waals surface area contributed by atoms with Gasteiger partial charge in [0.25, 0.3) is 5.91 Å². The molecule has 6 nitrogen and oxygen atoms in total. The highest BCUT2D eigenvalue weighted by molar-refractivity contribution is 5.95. The Hall–Kier alpha value is -2.83. The Morgan fingerprint density at radius 2 is 1.92 bits per heavy atom. The van der Waals surface area contributed by atoms with E-state index in [4.69, 9.17) is 0 Å². The number of carbonyl (C=O) groups is 2. The lowest BCUT2D eigenvalue weighted by Crippen LogP contribution is -2.45.